The second kappa shape index (κ2) is 6.90. The molecule has 0 aromatic carbocycles. The highest BCUT2D eigenvalue weighted by Crippen LogP contribution is 2.54. The molecule has 1 N–H and O–H groups in total. The molecule has 6 heteroatoms. The van der Waals surface area contributed by atoms with Gasteiger partial charge >= 0.3 is 0 Å². The highest BCUT2D eigenvalue weighted by molar-refractivity contribution is 6.10. The Balaban J connectivity index is 1.71. The van der Waals surface area contributed by atoms with Gasteiger partial charge in [-0.2, -0.15) is 5.26 Å². The van der Waals surface area contributed by atoms with Gasteiger partial charge in [0.05, 0.1) is 5.70 Å². The number of rotatable bonds is 5. The lowest BCUT2D eigenvalue weighted by Crippen LogP contribution is -2.36. The summed E-state index contributed by atoms with van der Waals surface area (Å²) in [5, 5.41) is 18.6. The van der Waals surface area contributed by atoms with Crippen LogP contribution < -0.4 is 0 Å². The number of pyridine rings is 1. The molecule has 1 spiro atoms. The van der Waals surface area contributed by atoms with E-state index in [4.69, 9.17) is 5.11 Å². The number of allylic oxidation sites excluding steroid dienone is 1. The second-order valence-electron chi connectivity index (χ2n) is 7.90. The molecule has 0 radical (unpaired) electrons. The van der Waals surface area contributed by atoms with E-state index in [1.807, 2.05) is 0 Å². The number of hydrogen-bond donors (Lipinski definition) is 1. The smallest absolute Gasteiger partial charge is 0.181 e. The molecule has 1 aliphatic heterocycles. The molecule has 0 atom stereocenters. The standard InChI is InChI=1S/C21H23N3O3/c22-12-16-19(27)10-14-13-23-17(18(26)2-1-9-25)11-15(14)20(16)24-7-5-21(3-4-21)6-8-24/h11,13,25H,1-10H2. The molecule has 1 saturated heterocycles. The zero-order valence-electron chi connectivity index (χ0n) is 15.3. The molecular formula is C21H23N3O3. The number of carbonyl (C=O) groups excluding carboxylic acids is 2. The lowest BCUT2D eigenvalue weighted by molar-refractivity contribution is -0.114. The highest BCUT2D eigenvalue weighted by atomic mass is 16.3. The number of aliphatic hydroxyl groups is 1. The van der Waals surface area contributed by atoms with Gasteiger partial charge in [0, 0.05) is 44.3 Å². The summed E-state index contributed by atoms with van der Waals surface area (Å²) in [5.41, 5.74) is 3.28. The van der Waals surface area contributed by atoms with Crippen LogP contribution in [0.1, 0.15) is 60.1 Å². The Bertz CT molecular complexity index is 867. The maximum Gasteiger partial charge on any atom is 0.181 e. The number of nitrogens with zero attached hydrogens (tertiary/aromatic N) is 3. The Hall–Kier alpha value is -2.52. The normalized spacial score (nSPS) is 20.4. The molecule has 1 saturated carbocycles. The van der Waals surface area contributed by atoms with Crippen molar-refractivity contribution < 1.29 is 14.7 Å². The fourth-order valence-corrected chi connectivity index (χ4v) is 4.22. The van der Waals surface area contributed by atoms with Crippen molar-refractivity contribution in [3.8, 4) is 6.07 Å². The zero-order chi connectivity index (χ0) is 19.0. The monoisotopic (exact) mass is 365 g/mol. The van der Waals surface area contributed by atoms with Crippen molar-refractivity contribution in [2.75, 3.05) is 19.7 Å². The first-order chi connectivity index (χ1) is 13.1. The molecule has 1 aromatic rings. The summed E-state index contributed by atoms with van der Waals surface area (Å²) in [7, 11) is 0. The lowest BCUT2D eigenvalue weighted by atomic mass is 9.86. The van der Waals surface area contributed by atoms with Gasteiger partial charge in [-0.25, -0.2) is 0 Å². The van der Waals surface area contributed by atoms with Gasteiger partial charge < -0.3 is 10.0 Å². The number of hydrogen-bond acceptors (Lipinski definition) is 6. The minimum Gasteiger partial charge on any atom is -0.396 e. The summed E-state index contributed by atoms with van der Waals surface area (Å²) in [4.78, 5) is 31.2. The SMILES string of the molecule is N#CC1=C(N2CCC3(CC2)CC3)c2cc(C(=O)CCCO)ncc2CC1=O. The molecule has 1 aromatic heterocycles. The third-order valence-corrected chi connectivity index (χ3v) is 6.17. The van der Waals surface area contributed by atoms with Gasteiger partial charge in [-0.3, -0.25) is 14.6 Å². The molecule has 0 unspecified atom stereocenters. The van der Waals surface area contributed by atoms with Crippen molar-refractivity contribution in [2.24, 2.45) is 5.41 Å². The number of nitriles is 1. The first-order valence-corrected chi connectivity index (χ1v) is 9.63. The zero-order valence-corrected chi connectivity index (χ0v) is 15.3. The average Bonchev–Trinajstić information content (AvgIpc) is 3.44. The van der Waals surface area contributed by atoms with E-state index < -0.39 is 0 Å². The van der Waals surface area contributed by atoms with Crippen molar-refractivity contribution >= 4 is 17.3 Å². The van der Waals surface area contributed by atoms with Gasteiger partial charge in [0.2, 0.25) is 0 Å². The van der Waals surface area contributed by atoms with E-state index in [2.05, 4.69) is 16.0 Å². The van der Waals surface area contributed by atoms with Crippen LogP contribution in [0.2, 0.25) is 0 Å². The number of likely N-dealkylation sites (tertiary alicyclic amines) is 1. The minimum atomic E-state index is -0.173. The largest absolute Gasteiger partial charge is 0.396 e. The lowest BCUT2D eigenvalue weighted by Gasteiger charge is -2.37. The number of piperidine rings is 1. The molecule has 4 rings (SSSR count). The van der Waals surface area contributed by atoms with Crippen LogP contribution >= 0.6 is 0 Å². The van der Waals surface area contributed by atoms with Crippen molar-refractivity contribution in [3.63, 3.8) is 0 Å². The van der Waals surface area contributed by atoms with Crippen molar-refractivity contribution in [3.05, 3.63) is 34.7 Å². The van der Waals surface area contributed by atoms with Crippen LogP contribution in [0.15, 0.2) is 17.8 Å². The number of carbonyl (C=O) groups is 2. The van der Waals surface area contributed by atoms with E-state index in [0.29, 0.717) is 23.2 Å². The summed E-state index contributed by atoms with van der Waals surface area (Å²) in [6.45, 7) is 1.64. The fourth-order valence-electron chi connectivity index (χ4n) is 4.22. The molecule has 0 amide bonds. The average molecular weight is 365 g/mol. The Labute approximate surface area is 158 Å². The second-order valence-corrected chi connectivity index (χ2v) is 7.90. The number of ketones is 2. The van der Waals surface area contributed by atoms with Crippen molar-refractivity contribution in [1.82, 2.24) is 9.88 Å². The van der Waals surface area contributed by atoms with Crippen molar-refractivity contribution in [1.29, 1.82) is 5.26 Å². The van der Waals surface area contributed by atoms with Gasteiger partial charge in [-0.05, 0) is 49.1 Å². The van der Waals surface area contributed by atoms with Crippen LogP contribution in [0, 0.1) is 16.7 Å². The van der Waals surface area contributed by atoms with E-state index in [1.165, 1.54) is 12.8 Å². The maximum absolute atomic E-state index is 12.5. The molecule has 2 heterocycles. The minimum absolute atomic E-state index is 0.0373. The van der Waals surface area contributed by atoms with Gasteiger partial charge in [0.15, 0.2) is 11.6 Å². The molecule has 3 aliphatic rings. The first kappa shape index (κ1) is 17.9. The quantitative estimate of drug-likeness (QED) is 0.805. The number of aromatic nitrogens is 1. The van der Waals surface area contributed by atoms with Crippen LogP contribution in [0.3, 0.4) is 0 Å². The topological polar surface area (TPSA) is 94.3 Å². The summed E-state index contributed by atoms with van der Waals surface area (Å²) < 4.78 is 0. The Morgan fingerprint density at radius 2 is 2.04 bits per heavy atom. The Morgan fingerprint density at radius 1 is 1.30 bits per heavy atom. The summed E-state index contributed by atoms with van der Waals surface area (Å²) in [5.74, 6) is -0.301. The van der Waals surface area contributed by atoms with Gasteiger partial charge in [0.25, 0.3) is 0 Å². The van der Waals surface area contributed by atoms with Gasteiger partial charge in [0.1, 0.15) is 17.3 Å². The third kappa shape index (κ3) is 3.28. The summed E-state index contributed by atoms with van der Waals surface area (Å²) >= 11 is 0. The fraction of sp³-hybridized carbons (Fsp3) is 0.524. The van der Waals surface area contributed by atoms with E-state index in [0.717, 1.165) is 37.1 Å². The number of aliphatic hydroxyl groups excluding tert-OH is 1. The van der Waals surface area contributed by atoms with Crippen molar-refractivity contribution in [2.45, 2.75) is 44.9 Å². The Kier molecular flexibility index (Phi) is 4.56. The molecule has 140 valence electrons. The molecule has 2 aliphatic carbocycles. The van der Waals surface area contributed by atoms with E-state index in [1.54, 1.807) is 12.3 Å². The van der Waals surface area contributed by atoms with E-state index in [-0.39, 0.29) is 36.6 Å². The molecular weight excluding hydrogens is 342 g/mol. The molecule has 2 fully saturated rings. The summed E-state index contributed by atoms with van der Waals surface area (Å²) in [6, 6.07) is 3.84. The maximum atomic E-state index is 12.5. The predicted molar refractivity (Wildman–Crippen MR) is 98.6 cm³/mol. The van der Waals surface area contributed by atoms with Crippen LogP contribution in [0.25, 0.3) is 5.70 Å². The molecule has 27 heavy (non-hydrogen) atoms. The number of Topliss-reactive ketones (excluding diaryl/α,β-unsaturated/α-hetero) is 2. The van der Waals surface area contributed by atoms with Crippen LogP contribution in [0.4, 0.5) is 0 Å². The van der Waals surface area contributed by atoms with Gasteiger partial charge in [-0.1, -0.05) is 0 Å². The molecule has 6 nitrogen and oxygen atoms in total. The highest BCUT2D eigenvalue weighted by Gasteiger charge is 2.45. The Morgan fingerprint density at radius 3 is 2.67 bits per heavy atom. The first-order valence-electron chi connectivity index (χ1n) is 9.63. The molecule has 0 bridgehead atoms. The van der Waals surface area contributed by atoms with Crippen LogP contribution in [-0.4, -0.2) is 46.3 Å². The van der Waals surface area contributed by atoms with Crippen LogP contribution in [-0.2, 0) is 11.2 Å². The predicted octanol–water partition coefficient (Wildman–Crippen LogP) is 2.27. The van der Waals surface area contributed by atoms with E-state index in [9.17, 15) is 14.9 Å². The number of fused-ring (bicyclic) bond motifs is 1. The van der Waals surface area contributed by atoms with E-state index >= 15 is 0 Å². The summed E-state index contributed by atoms with van der Waals surface area (Å²) in [6.07, 6.45) is 7.13. The van der Waals surface area contributed by atoms with Gasteiger partial charge in [-0.15, -0.1) is 0 Å². The third-order valence-electron chi connectivity index (χ3n) is 6.17. The van der Waals surface area contributed by atoms with Crippen LogP contribution in [0.5, 0.6) is 0 Å².